The fourth-order valence-electron chi connectivity index (χ4n) is 6.11. The summed E-state index contributed by atoms with van der Waals surface area (Å²) in [4.78, 5) is 9.96. The summed E-state index contributed by atoms with van der Waals surface area (Å²) < 4.78 is 0. The van der Waals surface area contributed by atoms with Gasteiger partial charge < -0.3 is 15.1 Å². The van der Waals surface area contributed by atoms with Crippen molar-refractivity contribution < 1.29 is 0 Å². The number of aryl methyl sites for hydroxylation is 1. The highest BCUT2D eigenvalue weighted by Crippen LogP contribution is 2.43. The predicted molar refractivity (Wildman–Crippen MR) is 131 cm³/mol. The first-order valence-electron chi connectivity index (χ1n) is 11.6. The molecule has 1 spiro atoms. The van der Waals surface area contributed by atoms with Crippen LogP contribution >= 0.6 is 24.0 Å². The minimum Gasteiger partial charge on any atom is -0.356 e. The first kappa shape index (κ1) is 21.4. The molecule has 0 amide bonds. The van der Waals surface area contributed by atoms with Crippen LogP contribution in [-0.4, -0.2) is 61.6 Å². The van der Waals surface area contributed by atoms with Gasteiger partial charge in [0.05, 0.1) is 0 Å². The number of fused-ring (bicyclic) bond motifs is 2. The normalized spacial score (nSPS) is 30.2. The van der Waals surface area contributed by atoms with Gasteiger partial charge in [0.25, 0.3) is 0 Å². The van der Waals surface area contributed by atoms with Crippen molar-refractivity contribution in [1.29, 1.82) is 0 Å². The van der Waals surface area contributed by atoms with Crippen LogP contribution < -0.4 is 5.32 Å². The van der Waals surface area contributed by atoms with E-state index < -0.39 is 0 Å². The van der Waals surface area contributed by atoms with Crippen LogP contribution in [0.2, 0.25) is 0 Å². The van der Waals surface area contributed by atoms with Crippen LogP contribution in [0, 0.1) is 5.92 Å². The number of guanidine groups is 1. The van der Waals surface area contributed by atoms with Gasteiger partial charge in [-0.05, 0) is 75.0 Å². The van der Waals surface area contributed by atoms with E-state index in [2.05, 4.69) is 39.4 Å². The summed E-state index contributed by atoms with van der Waals surface area (Å²) >= 11 is 0. The minimum atomic E-state index is 0. The lowest BCUT2D eigenvalue weighted by Crippen LogP contribution is -2.53. The third-order valence-electron chi connectivity index (χ3n) is 7.71. The van der Waals surface area contributed by atoms with Gasteiger partial charge in [-0.3, -0.25) is 4.99 Å². The number of nitrogens with zero attached hydrogens (tertiary/aromatic N) is 3. The van der Waals surface area contributed by atoms with Crippen LogP contribution in [0.1, 0.15) is 56.1 Å². The SMILES string of the molecule is CN=C(NCC1CCN(C2CC2)C1)N1CCCC2(CCCc3ccccc32)C1.I. The van der Waals surface area contributed by atoms with Crippen molar-refractivity contribution in [2.75, 3.05) is 39.8 Å². The number of benzene rings is 1. The molecule has 0 radical (unpaired) electrons. The topological polar surface area (TPSA) is 30.9 Å². The Morgan fingerprint density at radius 2 is 1.97 bits per heavy atom. The second-order valence-corrected chi connectivity index (χ2v) is 9.63. The number of likely N-dealkylation sites (tertiary alicyclic amines) is 2. The van der Waals surface area contributed by atoms with Crippen molar-refractivity contribution in [3.8, 4) is 0 Å². The Morgan fingerprint density at radius 1 is 1.14 bits per heavy atom. The van der Waals surface area contributed by atoms with Crippen LogP contribution in [0.15, 0.2) is 29.3 Å². The number of rotatable bonds is 3. The highest BCUT2D eigenvalue weighted by atomic mass is 127. The lowest BCUT2D eigenvalue weighted by molar-refractivity contribution is 0.188. The van der Waals surface area contributed by atoms with Gasteiger partial charge in [-0.2, -0.15) is 0 Å². The van der Waals surface area contributed by atoms with Crippen LogP contribution in [0.5, 0.6) is 0 Å². The molecule has 2 saturated heterocycles. The molecule has 4 nitrogen and oxygen atoms in total. The van der Waals surface area contributed by atoms with E-state index >= 15 is 0 Å². The standard InChI is InChI=1S/C24H36N4.HI/c1-25-23(26-16-19-11-15-27(17-19)21-9-10-21)28-14-5-13-24(18-28)12-4-7-20-6-2-3-8-22(20)24;/h2-3,6,8,19,21H,4-5,7,9-18H2,1H3,(H,25,26);1H. The molecule has 1 saturated carbocycles. The molecule has 29 heavy (non-hydrogen) atoms. The van der Waals surface area contributed by atoms with E-state index in [1.807, 2.05) is 7.05 Å². The van der Waals surface area contributed by atoms with Crippen molar-refractivity contribution in [3.05, 3.63) is 35.4 Å². The number of aliphatic imine (C=N–C) groups is 1. The van der Waals surface area contributed by atoms with E-state index in [9.17, 15) is 0 Å². The molecule has 2 aliphatic heterocycles. The lowest BCUT2D eigenvalue weighted by atomic mass is 9.66. The average molecular weight is 508 g/mol. The molecule has 2 heterocycles. The molecule has 2 unspecified atom stereocenters. The molecule has 3 fully saturated rings. The minimum absolute atomic E-state index is 0. The number of piperidine rings is 1. The monoisotopic (exact) mass is 508 g/mol. The van der Waals surface area contributed by atoms with Crippen molar-refractivity contribution in [2.45, 2.75) is 62.8 Å². The zero-order chi connectivity index (χ0) is 19.0. The molecule has 4 aliphatic rings. The molecule has 0 aromatic heterocycles. The summed E-state index contributed by atoms with van der Waals surface area (Å²) in [6, 6.07) is 10.1. The summed E-state index contributed by atoms with van der Waals surface area (Å²) in [5.41, 5.74) is 3.54. The van der Waals surface area contributed by atoms with Gasteiger partial charge >= 0.3 is 0 Å². The number of hydrogen-bond donors (Lipinski definition) is 1. The molecule has 5 heteroatoms. The van der Waals surface area contributed by atoms with E-state index in [0.717, 1.165) is 37.6 Å². The van der Waals surface area contributed by atoms with E-state index in [1.54, 1.807) is 11.1 Å². The van der Waals surface area contributed by atoms with Gasteiger partial charge in [-0.1, -0.05) is 24.3 Å². The van der Waals surface area contributed by atoms with Crippen LogP contribution in [0.3, 0.4) is 0 Å². The molecule has 1 aromatic carbocycles. The van der Waals surface area contributed by atoms with Crippen LogP contribution in [0.25, 0.3) is 0 Å². The van der Waals surface area contributed by atoms with Gasteiger partial charge in [0, 0.05) is 44.7 Å². The van der Waals surface area contributed by atoms with Gasteiger partial charge in [-0.25, -0.2) is 0 Å². The molecular weight excluding hydrogens is 471 g/mol. The van der Waals surface area contributed by atoms with E-state index in [-0.39, 0.29) is 24.0 Å². The Balaban J connectivity index is 0.00000205. The van der Waals surface area contributed by atoms with E-state index in [0.29, 0.717) is 5.41 Å². The summed E-state index contributed by atoms with van der Waals surface area (Å²) in [5.74, 6) is 1.92. The molecule has 1 N–H and O–H groups in total. The third kappa shape index (κ3) is 4.46. The summed E-state index contributed by atoms with van der Waals surface area (Å²) in [6.07, 6.45) is 10.7. The fraction of sp³-hybridized carbons (Fsp3) is 0.708. The third-order valence-corrected chi connectivity index (χ3v) is 7.71. The summed E-state index contributed by atoms with van der Waals surface area (Å²) in [7, 11) is 1.96. The molecular formula is C24H37IN4. The quantitative estimate of drug-likeness (QED) is 0.380. The first-order chi connectivity index (χ1) is 13.8. The first-order valence-corrected chi connectivity index (χ1v) is 11.6. The van der Waals surface area contributed by atoms with Crippen molar-refractivity contribution in [1.82, 2.24) is 15.1 Å². The Kier molecular flexibility index (Phi) is 6.74. The number of halogens is 1. The maximum absolute atomic E-state index is 4.69. The zero-order valence-corrected chi connectivity index (χ0v) is 20.2. The number of nitrogens with one attached hydrogen (secondary N) is 1. The Labute approximate surface area is 193 Å². The zero-order valence-electron chi connectivity index (χ0n) is 17.9. The van der Waals surface area contributed by atoms with Crippen molar-refractivity contribution in [3.63, 3.8) is 0 Å². The van der Waals surface area contributed by atoms with E-state index in [1.165, 1.54) is 64.5 Å². The van der Waals surface area contributed by atoms with E-state index in [4.69, 9.17) is 4.99 Å². The fourth-order valence-corrected chi connectivity index (χ4v) is 6.11. The Hall–Kier alpha value is -0.820. The summed E-state index contributed by atoms with van der Waals surface area (Å²) in [6.45, 7) is 5.94. The van der Waals surface area contributed by atoms with Gasteiger partial charge in [0.1, 0.15) is 0 Å². The van der Waals surface area contributed by atoms with Gasteiger partial charge in [0.2, 0.25) is 0 Å². The number of hydrogen-bond acceptors (Lipinski definition) is 2. The predicted octanol–water partition coefficient (Wildman–Crippen LogP) is 4.03. The Morgan fingerprint density at radius 3 is 2.79 bits per heavy atom. The van der Waals surface area contributed by atoms with Crippen molar-refractivity contribution in [2.24, 2.45) is 10.9 Å². The molecule has 2 atom stereocenters. The van der Waals surface area contributed by atoms with Gasteiger partial charge in [0.15, 0.2) is 5.96 Å². The van der Waals surface area contributed by atoms with Crippen molar-refractivity contribution >= 4 is 29.9 Å². The molecule has 2 aliphatic carbocycles. The highest BCUT2D eigenvalue weighted by molar-refractivity contribution is 14.0. The maximum atomic E-state index is 4.69. The van der Waals surface area contributed by atoms with Gasteiger partial charge in [-0.15, -0.1) is 24.0 Å². The average Bonchev–Trinajstić information content (AvgIpc) is 3.48. The highest BCUT2D eigenvalue weighted by Gasteiger charge is 2.41. The second-order valence-electron chi connectivity index (χ2n) is 9.63. The summed E-state index contributed by atoms with van der Waals surface area (Å²) in [5, 5.41) is 3.76. The smallest absolute Gasteiger partial charge is 0.193 e. The maximum Gasteiger partial charge on any atom is 0.193 e. The second kappa shape index (κ2) is 9.13. The van der Waals surface area contributed by atoms with Crippen LogP contribution in [0.4, 0.5) is 0 Å². The van der Waals surface area contributed by atoms with Crippen LogP contribution in [-0.2, 0) is 11.8 Å². The molecule has 160 valence electrons. The lowest BCUT2D eigenvalue weighted by Gasteiger charge is -2.47. The molecule has 5 rings (SSSR count). The Bertz CT molecular complexity index is 731. The molecule has 0 bridgehead atoms. The molecule has 1 aromatic rings. The largest absolute Gasteiger partial charge is 0.356 e.